The first-order valence-electron chi connectivity index (χ1n) is 10.7. The van der Waals surface area contributed by atoms with Gasteiger partial charge in [-0.05, 0) is 38.0 Å². The predicted octanol–water partition coefficient (Wildman–Crippen LogP) is 2.39. The number of morpholine rings is 1. The number of ether oxygens (including phenoxy) is 1. The van der Waals surface area contributed by atoms with Crippen LogP contribution in [0, 0.1) is 0 Å². The van der Waals surface area contributed by atoms with Crippen molar-refractivity contribution < 1.29 is 19.1 Å². The number of carbonyl (C=O) groups is 3. The van der Waals surface area contributed by atoms with E-state index in [2.05, 4.69) is 11.5 Å². The third kappa shape index (κ3) is 5.29. The highest BCUT2D eigenvalue weighted by Gasteiger charge is 2.45. The van der Waals surface area contributed by atoms with E-state index >= 15 is 0 Å². The lowest BCUT2D eigenvalue weighted by Crippen LogP contribution is -2.61. The molecule has 1 aromatic rings. The second-order valence-corrected chi connectivity index (χ2v) is 8.18. The molecule has 1 atom stereocenters. The standard InChI is InChI=1S/C24H31N3O4/c1-4-20(11-17-28)25(3)22(29)10-14-26-15-12-24(13-16-26)18-27(23(30)19(2)31-24)21-8-6-5-7-9-21/h4-9,11,17,19H,1,10,12-16,18H2,2-3H3/b20-11+. The molecule has 7 nitrogen and oxygen atoms in total. The molecule has 0 radical (unpaired) electrons. The minimum Gasteiger partial charge on any atom is -0.360 e. The minimum absolute atomic E-state index is 0.00529. The van der Waals surface area contributed by atoms with Gasteiger partial charge in [0, 0.05) is 50.6 Å². The summed E-state index contributed by atoms with van der Waals surface area (Å²) in [5.74, 6) is -0.0639. The van der Waals surface area contributed by atoms with Gasteiger partial charge in [0.1, 0.15) is 12.4 Å². The smallest absolute Gasteiger partial charge is 0.255 e. The molecule has 31 heavy (non-hydrogen) atoms. The molecular weight excluding hydrogens is 394 g/mol. The van der Waals surface area contributed by atoms with Crippen molar-refractivity contribution in [2.75, 3.05) is 38.1 Å². The Bertz CT molecular complexity index is 844. The van der Waals surface area contributed by atoms with Crippen molar-refractivity contribution in [2.24, 2.45) is 0 Å². The molecule has 0 saturated carbocycles. The minimum atomic E-state index is -0.474. The van der Waals surface area contributed by atoms with Crippen LogP contribution in [0.1, 0.15) is 26.2 Å². The fourth-order valence-electron chi connectivity index (χ4n) is 4.29. The van der Waals surface area contributed by atoms with Crippen LogP contribution < -0.4 is 4.90 Å². The van der Waals surface area contributed by atoms with E-state index in [0.29, 0.717) is 31.5 Å². The monoisotopic (exact) mass is 425 g/mol. The largest absolute Gasteiger partial charge is 0.360 e. The van der Waals surface area contributed by atoms with Crippen LogP contribution in [0.3, 0.4) is 0 Å². The molecule has 0 N–H and O–H groups in total. The van der Waals surface area contributed by atoms with Crippen LogP contribution in [0.15, 0.2) is 54.8 Å². The summed E-state index contributed by atoms with van der Waals surface area (Å²) in [5.41, 5.74) is 1.04. The van der Waals surface area contributed by atoms with Gasteiger partial charge in [-0.3, -0.25) is 14.4 Å². The molecule has 2 amide bonds. The Morgan fingerprint density at radius 1 is 1.29 bits per heavy atom. The maximum atomic E-state index is 12.7. The van der Waals surface area contributed by atoms with Crippen molar-refractivity contribution in [3.8, 4) is 0 Å². The average Bonchev–Trinajstić information content (AvgIpc) is 2.79. The van der Waals surface area contributed by atoms with Crippen molar-refractivity contribution in [2.45, 2.75) is 37.9 Å². The van der Waals surface area contributed by atoms with Gasteiger partial charge in [0.15, 0.2) is 0 Å². The van der Waals surface area contributed by atoms with Gasteiger partial charge in [0.05, 0.1) is 12.1 Å². The normalized spacial score (nSPS) is 21.7. The van der Waals surface area contributed by atoms with Crippen LogP contribution in [-0.4, -0.2) is 72.8 Å². The molecule has 166 valence electrons. The van der Waals surface area contributed by atoms with E-state index in [1.54, 1.807) is 7.05 Å². The van der Waals surface area contributed by atoms with E-state index in [-0.39, 0.29) is 17.4 Å². The number of likely N-dealkylation sites (tertiary alicyclic amines) is 1. The zero-order valence-electron chi connectivity index (χ0n) is 18.3. The number of rotatable bonds is 7. The van der Waals surface area contributed by atoms with Crippen molar-refractivity contribution in [3.05, 3.63) is 54.8 Å². The van der Waals surface area contributed by atoms with E-state index in [1.807, 2.05) is 42.2 Å². The van der Waals surface area contributed by atoms with Crippen molar-refractivity contribution in [3.63, 3.8) is 0 Å². The average molecular weight is 426 g/mol. The molecule has 2 saturated heterocycles. The first-order valence-corrected chi connectivity index (χ1v) is 10.7. The molecule has 1 unspecified atom stereocenters. The number of piperidine rings is 1. The van der Waals surface area contributed by atoms with Crippen LogP contribution in [-0.2, 0) is 19.1 Å². The number of anilines is 1. The highest BCUT2D eigenvalue weighted by Crippen LogP contribution is 2.35. The Balaban J connectivity index is 1.56. The lowest BCUT2D eigenvalue weighted by molar-refractivity contribution is -0.161. The van der Waals surface area contributed by atoms with Crippen LogP contribution in [0.5, 0.6) is 0 Å². The van der Waals surface area contributed by atoms with Gasteiger partial charge >= 0.3 is 0 Å². The molecule has 2 aliphatic rings. The van der Waals surface area contributed by atoms with Gasteiger partial charge in [0.2, 0.25) is 5.91 Å². The van der Waals surface area contributed by atoms with E-state index < -0.39 is 6.10 Å². The summed E-state index contributed by atoms with van der Waals surface area (Å²) in [6.45, 7) is 8.27. The number of aldehydes is 1. The van der Waals surface area contributed by atoms with Gasteiger partial charge in [-0.25, -0.2) is 0 Å². The van der Waals surface area contributed by atoms with Gasteiger partial charge < -0.3 is 19.4 Å². The Kier molecular flexibility index (Phi) is 7.41. The summed E-state index contributed by atoms with van der Waals surface area (Å²) >= 11 is 0. The molecule has 3 rings (SSSR count). The van der Waals surface area contributed by atoms with Gasteiger partial charge in [-0.1, -0.05) is 24.8 Å². The van der Waals surface area contributed by atoms with Gasteiger partial charge in [-0.15, -0.1) is 0 Å². The molecule has 2 fully saturated rings. The summed E-state index contributed by atoms with van der Waals surface area (Å²) in [4.78, 5) is 41.4. The third-order valence-corrected chi connectivity index (χ3v) is 6.17. The van der Waals surface area contributed by atoms with Crippen LogP contribution in [0.25, 0.3) is 0 Å². The van der Waals surface area contributed by atoms with Crippen LogP contribution in [0.4, 0.5) is 5.69 Å². The zero-order valence-corrected chi connectivity index (χ0v) is 18.3. The fraction of sp³-hybridized carbons (Fsp3) is 0.458. The second kappa shape index (κ2) is 10.0. The molecule has 0 aromatic heterocycles. The lowest BCUT2D eigenvalue weighted by Gasteiger charge is -2.49. The highest BCUT2D eigenvalue weighted by molar-refractivity contribution is 5.97. The first-order chi connectivity index (χ1) is 14.9. The molecule has 1 aromatic carbocycles. The number of amides is 2. The maximum absolute atomic E-state index is 12.7. The number of nitrogens with zero attached hydrogens (tertiary/aromatic N) is 3. The van der Waals surface area contributed by atoms with Crippen molar-refractivity contribution in [1.29, 1.82) is 0 Å². The van der Waals surface area contributed by atoms with Crippen LogP contribution >= 0.6 is 0 Å². The summed E-state index contributed by atoms with van der Waals surface area (Å²) in [6, 6.07) is 9.73. The summed E-state index contributed by atoms with van der Waals surface area (Å²) in [5, 5.41) is 0. The van der Waals surface area contributed by atoms with E-state index in [9.17, 15) is 14.4 Å². The van der Waals surface area contributed by atoms with Gasteiger partial charge in [-0.2, -0.15) is 0 Å². The second-order valence-electron chi connectivity index (χ2n) is 8.18. The van der Waals surface area contributed by atoms with Gasteiger partial charge in [0.25, 0.3) is 5.91 Å². The van der Waals surface area contributed by atoms with E-state index in [1.165, 1.54) is 17.1 Å². The summed E-state index contributed by atoms with van der Waals surface area (Å²) in [7, 11) is 1.65. The number of para-hydroxylation sites is 1. The Hall–Kier alpha value is -2.77. The number of likely N-dealkylation sites (N-methyl/N-ethyl adjacent to an activating group) is 1. The quantitative estimate of drug-likeness (QED) is 0.381. The molecule has 2 aliphatic heterocycles. The topological polar surface area (TPSA) is 70.2 Å². The maximum Gasteiger partial charge on any atom is 0.255 e. The SMILES string of the molecule is C=C/C(=C\C=O)N(C)C(=O)CCN1CCC2(CC1)CN(c1ccccc1)C(=O)C(C)O2. The molecule has 0 aliphatic carbocycles. The summed E-state index contributed by atoms with van der Waals surface area (Å²) < 4.78 is 6.22. The Labute approximate surface area is 183 Å². The van der Waals surface area contributed by atoms with Crippen molar-refractivity contribution >= 4 is 23.8 Å². The lowest BCUT2D eigenvalue weighted by atomic mass is 9.88. The van der Waals surface area contributed by atoms with Crippen molar-refractivity contribution in [1.82, 2.24) is 9.80 Å². The molecule has 7 heteroatoms. The number of allylic oxidation sites excluding steroid dienone is 2. The number of hydrogen-bond acceptors (Lipinski definition) is 5. The van der Waals surface area contributed by atoms with E-state index in [4.69, 9.17) is 4.74 Å². The predicted molar refractivity (Wildman–Crippen MR) is 119 cm³/mol. The Morgan fingerprint density at radius 3 is 2.58 bits per heavy atom. The number of benzene rings is 1. The Morgan fingerprint density at radius 2 is 1.97 bits per heavy atom. The molecule has 0 bridgehead atoms. The van der Waals surface area contributed by atoms with Crippen LogP contribution in [0.2, 0.25) is 0 Å². The van der Waals surface area contributed by atoms with E-state index in [0.717, 1.165) is 31.6 Å². The molecule has 2 heterocycles. The molecule has 1 spiro atoms. The highest BCUT2D eigenvalue weighted by atomic mass is 16.5. The summed E-state index contributed by atoms with van der Waals surface area (Å²) in [6.07, 6.45) is 4.98. The number of carbonyl (C=O) groups excluding carboxylic acids is 3. The zero-order chi connectivity index (χ0) is 22.4. The first kappa shape index (κ1) is 22.9. The number of hydrogen-bond donors (Lipinski definition) is 0. The molecular formula is C24H31N3O4. The fourth-order valence-corrected chi connectivity index (χ4v) is 4.29. The third-order valence-electron chi connectivity index (χ3n) is 6.17.